The van der Waals surface area contributed by atoms with E-state index in [9.17, 15) is 9.59 Å². The summed E-state index contributed by atoms with van der Waals surface area (Å²) in [5.74, 6) is 0.111. The largest absolute Gasteiger partial charge is 0.443 e. The summed E-state index contributed by atoms with van der Waals surface area (Å²) < 4.78 is 5.52. The van der Waals surface area contributed by atoms with Crippen LogP contribution in [-0.4, -0.2) is 28.4 Å². The second-order valence-corrected chi connectivity index (χ2v) is 7.88. The van der Waals surface area contributed by atoms with Gasteiger partial charge in [0.05, 0.1) is 0 Å². The second-order valence-electron chi connectivity index (χ2n) is 7.88. The van der Waals surface area contributed by atoms with Gasteiger partial charge in [-0.05, 0) is 40.5 Å². The summed E-state index contributed by atoms with van der Waals surface area (Å²) in [6.45, 7) is 9.73. The molecule has 0 saturated heterocycles. The normalized spacial score (nSPS) is 18.5. The van der Waals surface area contributed by atoms with Crippen molar-refractivity contribution in [2.75, 3.05) is 0 Å². The molecular weight excluding hydrogens is 302 g/mol. The Balaban J connectivity index is 2.56. The van der Waals surface area contributed by atoms with Crippen LogP contribution in [0, 0.1) is 0 Å². The summed E-state index contributed by atoms with van der Waals surface area (Å²) in [5.41, 5.74) is 0.296. The third-order valence-electron chi connectivity index (χ3n) is 4.20. The lowest BCUT2D eigenvalue weighted by atomic mass is 10.00. The van der Waals surface area contributed by atoms with Crippen LogP contribution >= 0.6 is 0 Å². The zero-order valence-electron chi connectivity index (χ0n) is 16.2. The lowest BCUT2D eigenvalue weighted by molar-refractivity contribution is -0.116. The van der Waals surface area contributed by atoms with E-state index in [1.807, 2.05) is 27.7 Å². The van der Waals surface area contributed by atoms with Gasteiger partial charge in [0.15, 0.2) is 5.78 Å². The smallest absolute Gasteiger partial charge is 0.414 e. The van der Waals surface area contributed by atoms with Crippen LogP contribution in [0.25, 0.3) is 0 Å². The molecule has 138 valence electrons. The summed E-state index contributed by atoms with van der Waals surface area (Å²) in [7, 11) is 0. The molecule has 0 aromatic rings. The molecule has 0 saturated carbocycles. The average Bonchev–Trinajstić information content (AvgIpc) is 2.43. The fraction of sp³-hybridized carbons (Fsp3) is 0.800. The molecule has 0 unspecified atom stereocenters. The van der Waals surface area contributed by atoms with E-state index in [1.54, 1.807) is 11.0 Å². The van der Waals surface area contributed by atoms with Crippen molar-refractivity contribution in [2.24, 2.45) is 0 Å². The third kappa shape index (κ3) is 7.50. The average molecular weight is 338 g/mol. The maximum Gasteiger partial charge on any atom is 0.414 e. The van der Waals surface area contributed by atoms with Crippen molar-refractivity contribution in [3.05, 3.63) is 11.8 Å². The highest BCUT2D eigenvalue weighted by molar-refractivity contribution is 5.93. The maximum atomic E-state index is 12.5. The second kappa shape index (κ2) is 9.85. The Morgan fingerprint density at radius 2 is 1.75 bits per heavy atom. The van der Waals surface area contributed by atoms with Crippen molar-refractivity contribution in [1.82, 2.24) is 4.90 Å². The molecule has 0 radical (unpaired) electrons. The Morgan fingerprint density at radius 1 is 1.17 bits per heavy atom. The standard InChI is InChI=1S/C20H35NO3/c1-6-7-8-9-10-11-12-13-17-15-18(22)14-16(2)21(17)19(23)24-20(3,4)5/h15-16H,6-14H2,1-5H3/t16-/m1/s1. The van der Waals surface area contributed by atoms with E-state index in [0.29, 0.717) is 6.42 Å². The molecule has 0 fully saturated rings. The molecule has 1 atom stereocenters. The highest BCUT2D eigenvalue weighted by Gasteiger charge is 2.32. The quantitative estimate of drug-likeness (QED) is 0.541. The third-order valence-corrected chi connectivity index (χ3v) is 4.20. The number of hydrogen-bond donors (Lipinski definition) is 0. The van der Waals surface area contributed by atoms with Crippen LogP contribution in [0.2, 0.25) is 0 Å². The molecule has 1 rings (SSSR count). The first-order valence-electron chi connectivity index (χ1n) is 9.50. The van der Waals surface area contributed by atoms with Crippen molar-refractivity contribution in [2.45, 2.75) is 104 Å². The van der Waals surface area contributed by atoms with Crippen molar-refractivity contribution < 1.29 is 14.3 Å². The zero-order chi connectivity index (χ0) is 18.2. The number of allylic oxidation sites excluding steroid dienone is 2. The van der Waals surface area contributed by atoms with Crippen LogP contribution < -0.4 is 0 Å². The van der Waals surface area contributed by atoms with Gasteiger partial charge in [0.25, 0.3) is 0 Å². The number of carbonyl (C=O) groups is 2. The van der Waals surface area contributed by atoms with Crippen LogP contribution in [0.5, 0.6) is 0 Å². The minimum absolute atomic E-state index is 0.111. The van der Waals surface area contributed by atoms with E-state index in [1.165, 1.54) is 32.1 Å². The van der Waals surface area contributed by atoms with Gasteiger partial charge in [0.1, 0.15) is 5.60 Å². The van der Waals surface area contributed by atoms with Crippen molar-refractivity contribution in [3.8, 4) is 0 Å². The van der Waals surface area contributed by atoms with E-state index in [-0.39, 0.29) is 17.9 Å². The van der Waals surface area contributed by atoms with Gasteiger partial charge in [0, 0.05) is 24.2 Å². The molecule has 24 heavy (non-hydrogen) atoms. The van der Waals surface area contributed by atoms with E-state index in [0.717, 1.165) is 25.0 Å². The number of ether oxygens (including phenoxy) is 1. The van der Waals surface area contributed by atoms with Gasteiger partial charge in [-0.15, -0.1) is 0 Å². The molecule has 4 heteroatoms. The molecule has 1 aliphatic heterocycles. The molecule has 1 heterocycles. The first kappa shape index (κ1) is 20.7. The van der Waals surface area contributed by atoms with Crippen LogP contribution in [0.15, 0.2) is 11.8 Å². The van der Waals surface area contributed by atoms with Gasteiger partial charge in [-0.2, -0.15) is 0 Å². The summed E-state index contributed by atoms with van der Waals surface area (Å²) in [5, 5.41) is 0. The zero-order valence-corrected chi connectivity index (χ0v) is 16.2. The summed E-state index contributed by atoms with van der Waals surface area (Å²) >= 11 is 0. The van der Waals surface area contributed by atoms with Gasteiger partial charge in [-0.25, -0.2) is 4.79 Å². The van der Waals surface area contributed by atoms with Crippen molar-refractivity contribution in [3.63, 3.8) is 0 Å². The monoisotopic (exact) mass is 337 g/mol. The maximum absolute atomic E-state index is 12.5. The summed E-state index contributed by atoms with van der Waals surface area (Å²) in [4.78, 5) is 26.1. The molecule has 0 bridgehead atoms. The lowest BCUT2D eigenvalue weighted by Gasteiger charge is -2.35. The summed E-state index contributed by atoms with van der Waals surface area (Å²) in [6, 6.07) is -0.128. The van der Waals surface area contributed by atoms with Crippen molar-refractivity contribution >= 4 is 11.9 Å². The Kier molecular flexibility index (Phi) is 8.51. The molecule has 0 spiro atoms. The number of hydrogen-bond acceptors (Lipinski definition) is 3. The predicted octanol–water partition coefficient (Wildman–Crippen LogP) is 5.61. The van der Waals surface area contributed by atoms with E-state index in [4.69, 9.17) is 4.74 Å². The van der Waals surface area contributed by atoms with Crippen molar-refractivity contribution in [1.29, 1.82) is 0 Å². The van der Waals surface area contributed by atoms with Gasteiger partial charge in [0.2, 0.25) is 0 Å². The molecule has 1 aliphatic rings. The van der Waals surface area contributed by atoms with Gasteiger partial charge in [-0.1, -0.05) is 45.4 Å². The number of ketones is 1. The topological polar surface area (TPSA) is 46.6 Å². The minimum Gasteiger partial charge on any atom is -0.443 e. The minimum atomic E-state index is -0.525. The predicted molar refractivity (Wildman–Crippen MR) is 97.9 cm³/mol. The molecule has 0 aliphatic carbocycles. The molecular formula is C20H35NO3. The highest BCUT2D eigenvalue weighted by Crippen LogP contribution is 2.26. The van der Waals surface area contributed by atoms with Gasteiger partial charge >= 0.3 is 6.09 Å². The molecule has 1 amide bonds. The first-order chi connectivity index (χ1) is 11.2. The van der Waals surface area contributed by atoms with E-state index >= 15 is 0 Å². The highest BCUT2D eigenvalue weighted by atomic mass is 16.6. The van der Waals surface area contributed by atoms with Crippen LogP contribution in [0.1, 0.15) is 92.4 Å². The Morgan fingerprint density at radius 3 is 2.33 bits per heavy atom. The Bertz CT molecular complexity index is 448. The number of nitrogens with zero attached hydrogens (tertiary/aromatic N) is 1. The molecule has 0 aromatic heterocycles. The first-order valence-corrected chi connectivity index (χ1v) is 9.50. The fourth-order valence-corrected chi connectivity index (χ4v) is 3.04. The summed E-state index contributed by atoms with van der Waals surface area (Å²) in [6.07, 6.45) is 11.0. The lowest BCUT2D eigenvalue weighted by Crippen LogP contribution is -2.44. The molecule has 4 nitrogen and oxygen atoms in total. The van der Waals surface area contributed by atoms with E-state index < -0.39 is 5.60 Å². The van der Waals surface area contributed by atoms with Crippen LogP contribution in [0.4, 0.5) is 4.79 Å². The Hall–Kier alpha value is -1.32. The fourth-order valence-electron chi connectivity index (χ4n) is 3.04. The number of amides is 1. The molecule has 0 aromatic carbocycles. The van der Waals surface area contributed by atoms with E-state index in [2.05, 4.69) is 6.92 Å². The Labute approximate surface area is 147 Å². The number of rotatable bonds is 8. The molecule has 0 N–H and O–H groups in total. The number of carbonyl (C=O) groups excluding carboxylic acids is 2. The van der Waals surface area contributed by atoms with Crippen LogP contribution in [0.3, 0.4) is 0 Å². The van der Waals surface area contributed by atoms with Crippen LogP contribution in [-0.2, 0) is 9.53 Å². The SMILES string of the molecule is CCCCCCCCCC1=CC(=O)C[C@@H](C)N1C(=O)OC(C)(C)C. The number of unbranched alkanes of at least 4 members (excludes halogenated alkanes) is 6. The van der Waals surface area contributed by atoms with Gasteiger partial charge < -0.3 is 4.74 Å². The van der Waals surface area contributed by atoms with Gasteiger partial charge in [-0.3, -0.25) is 9.69 Å².